The minimum absolute atomic E-state index is 0.0122. The molecule has 166 valence electrons. The molecule has 0 saturated carbocycles. The van der Waals surface area contributed by atoms with Gasteiger partial charge >= 0.3 is 11.9 Å². The van der Waals surface area contributed by atoms with Gasteiger partial charge in [-0.25, -0.2) is 18.4 Å². The average molecular weight is 439 g/mol. The number of pyridine rings is 1. The summed E-state index contributed by atoms with van der Waals surface area (Å²) in [5.74, 6) is -2.53. The first-order valence-corrected chi connectivity index (χ1v) is 10.1. The van der Waals surface area contributed by atoms with Crippen LogP contribution in [0.15, 0.2) is 48.5 Å². The fourth-order valence-electron chi connectivity index (χ4n) is 3.45. The number of halogens is 2. The van der Waals surface area contributed by atoms with Gasteiger partial charge in [0.05, 0.1) is 36.2 Å². The average Bonchev–Trinajstić information content (AvgIpc) is 2.78. The zero-order chi connectivity index (χ0) is 23.4. The van der Waals surface area contributed by atoms with Crippen LogP contribution in [0.5, 0.6) is 0 Å². The minimum atomic E-state index is -0.739. The molecule has 0 aliphatic rings. The monoisotopic (exact) mass is 439 g/mol. The molecule has 0 atom stereocenters. The molecule has 0 spiro atoms. The van der Waals surface area contributed by atoms with Crippen molar-refractivity contribution in [3.05, 3.63) is 77.0 Å². The lowest BCUT2D eigenvalue weighted by molar-refractivity contribution is 0.0525. The Morgan fingerprint density at radius 3 is 1.88 bits per heavy atom. The lowest BCUT2D eigenvalue weighted by Gasteiger charge is -2.21. The molecule has 1 heterocycles. The Labute approximate surface area is 185 Å². The number of carbonyl (C=O) groups is 2. The van der Waals surface area contributed by atoms with Crippen LogP contribution in [0.4, 0.5) is 8.78 Å². The molecule has 0 radical (unpaired) electrons. The molecule has 0 aliphatic heterocycles. The van der Waals surface area contributed by atoms with Crippen molar-refractivity contribution in [2.45, 2.75) is 26.7 Å². The number of carbonyl (C=O) groups excluding carboxylic acids is 2. The topological polar surface area (TPSA) is 65.5 Å². The SMILES string of the molecule is CCOC(=O)c1c(C(C)C)nc(-c2ccc(F)cc2)c(C(=O)OC)c1-c1ccc(F)cc1. The molecule has 32 heavy (non-hydrogen) atoms. The molecule has 0 fully saturated rings. The van der Waals surface area contributed by atoms with E-state index < -0.39 is 23.6 Å². The number of aromatic nitrogens is 1. The van der Waals surface area contributed by atoms with Crippen LogP contribution in [0.2, 0.25) is 0 Å². The van der Waals surface area contributed by atoms with Gasteiger partial charge in [-0.15, -0.1) is 0 Å². The third-order valence-electron chi connectivity index (χ3n) is 4.89. The highest BCUT2D eigenvalue weighted by Crippen LogP contribution is 2.38. The molecule has 0 amide bonds. The number of nitrogens with zero attached hydrogens (tertiary/aromatic N) is 1. The highest BCUT2D eigenvalue weighted by atomic mass is 19.1. The van der Waals surface area contributed by atoms with Gasteiger partial charge in [0, 0.05) is 11.1 Å². The van der Waals surface area contributed by atoms with Gasteiger partial charge in [0.2, 0.25) is 0 Å². The summed E-state index contributed by atoms with van der Waals surface area (Å²) < 4.78 is 37.5. The summed E-state index contributed by atoms with van der Waals surface area (Å²) in [7, 11) is 1.21. The van der Waals surface area contributed by atoms with Crippen molar-refractivity contribution in [2.75, 3.05) is 13.7 Å². The second-order valence-corrected chi connectivity index (χ2v) is 7.35. The van der Waals surface area contributed by atoms with Crippen LogP contribution in [0, 0.1) is 11.6 Å². The Bertz CT molecular complexity index is 1140. The number of benzene rings is 2. The van der Waals surface area contributed by atoms with Crippen molar-refractivity contribution in [1.29, 1.82) is 0 Å². The van der Waals surface area contributed by atoms with E-state index in [0.29, 0.717) is 16.8 Å². The summed E-state index contributed by atoms with van der Waals surface area (Å²) in [4.78, 5) is 30.7. The summed E-state index contributed by atoms with van der Waals surface area (Å²) >= 11 is 0. The van der Waals surface area contributed by atoms with Crippen LogP contribution in [0.25, 0.3) is 22.4 Å². The van der Waals surface area contributed by atoms with Crippen molar-refractivity contribution >= 4 is 11.9 Å². The van der Waals surface area contributed by atoms with Crippen molar-refractivity contribution in [3.8, 4) is 22.4 Å². The normalized spacial score (nSPS) is 10.8. The first-order valence-electron chi connectivity index (χ1n) is 10.1. The molecule has 0 unspecified atom stereocenters. The van der Waals surface area contributed by atoms with E-state index >= 15 is 0 Å². The maximum absolute atomic E-state index is 13.7. The lowest BCUT2D eigenvalue weighted by atomic mass is 9.87. The van der Waals surface area contributed by atoms with E-state index in [2.05, 4.69) is 4.98 Å². The summed E-state index contributed by atoms with van der Waals surface area (Å²) in [6.07, 6.45) is 0. The zero-order valence-corrected chi connectivity index (χ0v) is 18.2. The number of esters is 2. The van der Waals surface area contributed by atoms with E-state index in [0.717, 1.165) is 0 Å². The predicted molar refractivity (Wildman–Crippen MR) is 116 cm³/mol. The molecule has 0 saturated heterocycles. The molecule has 7 heteroatoms. The van der Waals surface area contributed by atoms with E-state index in [1.807, 2.05) is 13.8 Å². The van der Waals surface area contributed by atoms with Crippen LogP contribution in [-0.4, -0.2) is 30.6 Å². The van der Waals surface area contributed by atoms with Crippen molar-refractivity contribution in [3.63, 3.8) is 0 Å². The van der Waals surface area contributed by atoms with E-state index in [1.54, 1.807) is 6.92 Å². The van der Waals surface area contributed by atoms with Crippen molar-refractivity contribution in [1.82, 2.24) is 4.98 Å². The van der Waals surface area contributed by atoms with Gasteiger partial charge in [-0.1, -0.05) is 26.0 Å². The number of methoxy groups -OCH3 is 1. The highest BCUT2D eigenvalue weighted by Gasteiger charge is 2.31. The molecule has 5 nitrogen and oxygen atoms in total. The fourth-order valence-corrected chi connectivity index (χ4v) is 3.45. The Balaban J connectivity index is 2.52. The van der Waals surface area contributed by atoms with E-state index in [1.165, 1.54) is 55.6 Å². The summed E-state index contributed by atoms with van der Waals surface area (Å²) in [6.45, 7) is 5.50. The Morgan fingerprint density at radius 2 is 1.41 bits per heavy atom. The molecular weight excluding hydrogens is 416 g/mol. The van der Waals surface area contributed by atoms with Crippen LogP contribution in [0.1, 0.15) is 53.1 Å². The summed E-state index contributed by atoms with van der Waals surface area (Å²) in [5, 5.41) is 0. The lowest BCUT2D eigenvalue weighted by Crippen LogP contribution is -2.18. The molecule has 3 rings (SSSR count). The van der Waals surface area contributed by atoms with Crippen LogP contribution < -0.4 is 0 Å². The van der Waals surface area contributed by atoms with Crippen LogP contribution in [0.3, 0.4) is 0 Å². The highest BCUT2D eigenvalue weighted by molar-refractivity contribution is 6.10. The predicted octanol–water partition coefficient (Wildman–Crippen LogP) is 5.78. The van der Waals surface area contributed by atoms with Crippen molar-refractivity contribution < 1.29 is 27.8 Å². The third kappa shape index (κ3) is 4.51. The van der Waals surface area contributed by atoms with Crippen LogP contribution in [-0.2, 0) is 9.47 Å². The Hall–Kier alpha value is -3.61. The molecule has 0 N–H and O–H groups in total. The maximum Gasteiger partial charge on any atom is 0.340 e. The van der Waals surface area contributed by atoms with Crippen LogP contribution >= 0.6 is 0 Å². The second kappa shape index (κ2) is 9.68. The number of hydrogen-bond acceptors (Lipinski definition) is 5. The molecule has 0 bridgehead atoms. The van der Waals surface area contributed by atoms with Gasteiger partial charge in [-0.05, 0) is 54.8 Å². The van der Waals surface area contributed by atoms with Gasteiger partial charge in [-0.2, -0.15) is 0 Å². The van der Waals surface area contributed by atoms with Gasteiger partial charge in [0.25, 0.3) is 0 Å². The van der Waals surface area contributed by atoms with Crippen molar-refractivity contribution in [2.24, 2.45) is 0 Å². The van der Waals surface area contributed by atoms with E-state index in [-0.39, 0.29) is 34.9 Å². The second-order valence-electron chi connectivity index (χ2n) is 7.35. The molecule has 1 aromatic heterocycles. The minimum Gasteiger partial charge on any atom is -0.465 e. The van der Waals surface area contributed by atoms with Gasteiger partial charge < -0.3 is 9.47 Å². The van der Waals surface area contributed by atoms with Gasteiger partial charge in [0.15, 0.2) is 0 Å². The first-order chi connectivity index (χ1) is 15.3. The molecule has 0 aliphatic carbocycles. The third-order valence-corrected chi connectivity index (χ3v) is 4.89. The molecule has 3 aromatic rings. The number of rotatable bonds is 6. The first kappa shape index (κ1) is 23.1. The summed E-state index contributed by atoms with van der Waals surface area (Å²) in [5.41, 5.74) is 1.86. The van der Waals surface area contributed by atoms with E-state index in [4.69, 9.17) is 9.47 Å². The number of ether oxygens (including phenoxy) is 2. The standard InChI is InChI=1S/C25H23F2NO4/c1-5-32-25(30)20-19(15-6-10-17(26)11-7-15)21(24(29)31-4)23(28-22(20)14(2)3)16-8-12-18(27)13-9-16/h6-14H,5H2,1-4H3. The number of hydrogen-bond donors (Lipinski definition) is 0. The smallest absolute Gasteiger partial charge is 0.340 e. The summed E-state index contributed by atoms with van der Waals surface area (Å²) in [6, 6.07) is 10.9. The maximum atomic E-state index is 13.7. The fraction of sp³-hybridized carbons (Fsp3) is 0.240. The quantitative estimate of drug-likeness (QED) is 0.456. The van der Waals surface area contributed by atoms with Gasteiger partial charge in [-0.3, -0.25) is 4.98 Å². The van der Waals surface area contributed by atoms with E-state index in [9.17, 15) is 18.4 Å². The molecular formula is C25H23F2NO4. The Kier molecular flexibility index (Phi) is 6.98. The van der Waals surface area contributed by atoms with Gasteiger partial charge in [0.1, 0.15) is 11.6 Å². The zero-order valence-electron chi connectivity index (χ0n) is 18.2. The molecule has 2 aromatic carbocycles. The largest absolute Gasteiger partial charge is 0.465 e. The Morgan fingerprint density at radius 1 is 0.875 bits per heavy atom.